The van der Waals surface area contributed by atoms with Gasteiger partial charge in [0.2, 0.25) is 0 Å². The number of hydrogen-bond donors (Lipinski definition) is 1. The van der Waals surface area contributed by atoms with Gasteiger partial charge in [-0.05, 0) is 35.9 Å². The first-order valence-electron chi connectivity index (χ1n) is 6.13. The van der Waals surface area contributed by atoms with Gasteiger partial charge >= 0.3 is 0 Å². The van der Waals surface area contributed by atoms with Crippen molar-refractivity contribution in [3.8, 4) is 5.75 Å². The fraction of sp³-hybridized carbons (Fsp3) is 0.357. The number of hydrogen-bond acceptors (Lipinski definition) is 3. The quantitative estimate of drug-likeness (QED) is 0.600. The van der Waals surface area contributed by atoms with Crippen LogP contribution in [0.4, 0.5) is 0 Å². The molecule has 1 heterocycles. The SMILES string of the molecule is C=CC[NH2+]C[C@H]1CC(c2ccc(OC)cc2)=NO1. The normalized spacial score (nSPS) is 18.1. The Bertz CT molecular complexity index is 426. The van der Waals surface area contributed by atoms with E-state index in [1.165, 1.54) is 0 Å². The second-order valence-electron chi connectivity index (χ2n) is 4.25. The number of rotatable bonds is 6. The second-order valence-corrected chi connectivity index (χ2v) is 4.25. The maximum absolute atomic E-state index is 5.41. The first-order chi connectivity index (χ1) is 8.83. The molecular weight excluding hydrogens is 228 g/mol. The molecule has 1 atom stereocenters. The van der Waals surface area contributed by atoms with Crippen LogP contribution in [0, 0.1) is 0 Å². The van der Waals surface area contributed by atoms with Crippen LogP contribution in [0.1, 0.15) is 12.0 Å². The van der Waals surface area contributed by atoms with Crippen LogP contribution in [0.15, 0.2) is 42.1 Å². The fourth-order valence-electron chi connectivity index (χ4n) is 1.91. The maximum Gasteiger partial charge on any atom is 0.181 e. The van der Waals surface area contributed by atoms with Crippen molar-refractivity contribution < 1.29 is 14.9 Å². The average molecular weight is 247 g/mol. The van der Waals surface area contributed by atoms with E-state index in [1.807, 2.05) is 30.3 Å². The number of benzene rings is 1. The minimum absolute atomic E-state index is 0.169. The molecule has 1 aliphatic heterocycles. The summed E-state index contributed by atoms with van der Waals surface area (Å²) in [7, 11) is 1.66. The van der Waals surface area contributed by atoms with Crippen LogP contribution < -0.4 is 10.1 Å². The molecule has 96 valence electrons. The molecule has 0 saturated carbocycles. The Labute approximate surface area is 107 Å². The molecule has 1 aromatic carbocycles. The largest absolute Gasteiger partial charge is 0.497 e. The third-order valence-corrected chi connectivity index (χ3v) is 2.92. The minimum Gasteiger partial charge on any atom is -0.497 e. The van der Waals surface area contributed by atoms with Crippen molar-refractivity contribution in [1.82, 2.24) is 0 Å². The second kappa shape index (κ2) is 6.21. The van der Waals surface area contributed by atoms with Gasteiger partial charge in [-0.1, -0.05) is 11.7 Å². The van der Waals surface area contributed by atoms with Crippen LogP contribution in [-0.2, 0) is 4.84 Å². The van der Waals surface area contributed by atoms with Gasteiger partial charge in [0.25, 0.3) is 0 Å². The number of methoxy groups -OCH3 is 1. The molecule has 1 aliphatic rings. The molecule has 4 nitrogen and oxygen atoms in total. The van der Waals surface area contributed by atoms with E-state index in [0.29, 0.717) is 0 Å². The van der Waals surface area contributed by atoms with Crippen LogP contribution in [0.2, 0.25) is 0 Å². The van der Waals surface area contributed by atoms with Crippen molar-refractivity contribution in [2.24, 2.45) is 5.16 Å². The Balaban J connectivity index is 1.89. The maximum atomic E-state index is 5.41. The monoisotopic (exact) mass is 247 g/mol. The van der Waals surface area contributed by atoms with Gasteiger partial charge in [0.05, 0.1) is 19.4 Å². The van der Waals surface area contributed by atoms with Crippen LogP contribution in [-0.4, -0.2) is 32.0 Å². The average Bonchev–Trinajstić information content (AvgIpc) is 2.88. The molecule has 0 fully saturated rings. The Kier molecular flexibility index (Phi) is 4.36. The number of quaternary nitrogens is 1. The summed E-state index contributed by atoms with van der Waals surface area (Å²) in [6.45, 7) is 5.52. The van der Waals surface area contributed by atoms with Crippen molar-refractivity contribution in [2.45, 2.75) is 12.5 Å². The highest BCUT2D eigenvalue weighted by atomic mass is 16.6. The minimum atomic E-state index is 0.169. The van der Waals surface area contributed by atoms with Crippen molar-refractivity contribution in [3.05, 3.63) is 42.5 Å². The van der Waals surface area contributed by atoms with Gasteiger partial charge < -0.3 is 14.9 Å². The summed E-state index contributed by atoms with van der Waals surface area (Å²) >= 11 is 0. The molecule has 1 aromatic rings. The van der Waals surface area contributed by atoms with Gasteiger partial charge in [-0.2, -0.15) is 0 Å². The van der Waals surface area contributed by atoms with Gasteiger partial charge in [-0.3, -0.25) is 0 Å². The molecule has 18 heavy (non-hydrogen) atoms. The van der Waals surface area contributed by atoms with Gasteiger partial charge in [0.15, 0.2) is 6.10 Å². The number of nitrogens with zero attached hydrogens (tertiary/aromatic N) is 1. The van der Waals surface area contributed by atoms with E-state index < -0.39 is 0 Å². The van der Waals surface area contributed by atoms with E-state index in [0.717, 1.165) is 36.5 Å². The first kappa shape index (κ1) is 12.6. The van der Waals surface area contributed by atoms with Crippen LogP contribution in [0.5, 0.6) is 5.75 Å². The summed E-state index contributed by atoms with van der Waals surface area (Å²) in [4.78, 5) is 5.41. The lowest BCUT2D eigenvalue weighted by atomic mass is 10.0. The molecule has 0 spiro atoms. The fourth-order valence-corrected chi connectivity index (χ4v) is 1.91. The predicted octanol–water partition coefficient (Wildman–Crippen LogP) is 0.938. The summed E-state index contributed by atoms with van der Waals surface area (Å²) in [6, 6.07) is 7.90. The molecule has 2 rings (SSSR count). The Morgan fingerprint density at radius 1 is 1.50 bits per heavy atom. The molecule has 0 unspecified atom stereocenters. The lowest BCUT2D eigenvalue weighted by molar-refractivity contribution is -0.652. The molecule has 0 bridgehead atoms. The Morgan fingerprint density at radius 3 is 2.94 bits per heavy atom. The summed E-state index contributed by atoms with van der Waals surface area (Å²) in [5.41, 5.74) is 2.11. The molecule has 0 saturated heterocycles. The molecule has 0 radical (unpaired) electrons. The molecular formula is C14H19N2O2+. The first-order valence-corrected chi connectivity index (χ1v) is 6.13. The predicted molar refractivity (Wildman–Crippen MR) is 70.9 cm³/mol. The molecule has 2 N–H and O–H groups in total. The van der Waals surface area contributed by atoms with E-state index >= 15 is 0 Å². The summed E-state index contributed by atoms with van der Waals surface area (Å²) in [6.07, 6.45) is 2.92. The van der Waals surface area contributed by atoms with Crippen molar-refractivity contribution in [2.75, 3.05) is 20.2 Å². The number of oxime groups is 1. The lowest BCUT2D eigenvalue weighted by Crippen LogP contribution is -2.86. The van der Waals surface area contributed by atoms with E-state index in [9.17, 15) is 0 Å². The summed E-state index contributed by atoms with van der Waals surface area (Å²) < 4.78 is 5.13. The highest BCUT2D eigenvalue weighted by Crippen LogP contribution is 2.18. The topological polar surface area (TPSA) is 47.4 Å². The van der Waals surface area contributed by atoms with E-state index in [2.05, 4.69) is 17.1 Å². The van der Waals surface area contributed by atoms with Crippen molar-refractivity contribution in [3.63, 3.8) is 0 Å². The lowest BCUT2D eigenvalue weighted by Gasteiger charge is -2.05. The van der Waals surface area contributed by atoms with Crippen LogP contribution in [0.3, 0.4) is 0 Å². The van der Waals surface area contributed by atoms with Gasteiger partial charge in [0.1, 0.15) is 12.3 Å². The molecule has 4 heteroatoms. The van der Waals surface area contributed by atoms with Crippen molar-refractivity contribution >= 4 is 5.71 Å². The van der Waals surface area contributed by atoms with Gasteiger partial charge in [-0.25, -0.2) is 0 Å². The van der Waals surface area contributed by atoms with E-state index in [1.54, 1.807) is 7.11 Å². The zero-order valence-electron chi connectivity index (χ0n) is 10.6. The molecule has 0 amide bonds. The highest BCUT2D eigenvalue weighted by molar-refractivity contribution is 6.01. The van der Waals surface area contributed by atoms with E-state index in [-0.39, 0.29) is 6.10 Å². The third-order valence-electron chi connectivity index (χ3n) is 2.92. The summed E-state index contributed by atoms with van der Waals surface area (Å²) in [5, 5.41) is 6.32. The third kappa shape index (κ3) is 3.11. The standard InChI is InChI=1S/C14H18N2O2/c1-3-8-15-10-13-9-14(16-18-13)11-4-6-12(17-2)7-5-11/h3-7,13,15H,1,8-10H2,2H3/p+1/t13-/m1/s1. The molecule has 0 aliphatic carbocycles. The zero-order valence-corrected chi connectivity index (χ0v) is 10.6. The number of nitrogens with two attached hydrogens (primary N) is 1. The van der Waals surface area contributed by atoms with Gasteiger partial charge in [-0.15, -0.1) is 0 Å². The van der Waals surface area contributed by atoms with Crippen LogP contribution in [0.25, 0.3) is 0 Å². The zero-order chi connectivity index (χ0) is 12.8. The Morgan fingerprint density at radius 2 is 2.28 bits per heavy atom. The van der Waals surface area contributed by atoms with E-state index in [4.69, 9.17) is 9.57 Å². The van der Waals surface area contributed by atoms with Crippen LogP contribution >= 0.6 is 0 Å². The smallest absolute Gasteiger partial charge is 0.181 e. The van der Waals surface area contributed by atoms with Crippen molar-refractivity contribution in [1.29, 1.82) is 0 Å². The summed E-state index contributed by atoms with van der Waals surface area (Å²) in [5.74, 6) is 0.856. The number of ether oxygens (including phenoxy) is 1. The van der Waals surface area contributed by atoms with Gasteiger partial charge in [0, 0.05) is 6.42 Å². The highest BCUT2D eigenvalue weighted by Gasteiger charge is 2.23. The molecule has 0 aromatic heterocycles. The Hall–Kier alpha value is -1.81.